The fraction of sp³-hybridized carbons (Fsp3) is 0.200. The second kappa shape index (κ2) is 6.94. The molecule has 1 spiro atoms. The average Bonchev–Trinajstić information content (AvgIpc) is 3.26. The first kappa shape index (κ1) is 19.6. The molecular formula is C25H17F2N5O. The van der Waals surface area contributed by atoms with Gasteiger partial charge in [0.25, 0.3) is 5.91 Å². The van der Waals surface area contributed by atoms with E-state index in [1.165, 1.54) is 12.1 Å². The standard InChI is InChI=1S/C25H17F2N5O/c1-31-13-19(28-14-31)22-21(29-24-30-23(33)25(9-10-25)32(22)24)20-17(26)11-16(12-18(20)27)8-7-15-5-3-2-4-6-15/h2-6,11-14,22H,9-10H2,1H3. The molecule has 2 aromatic carbocycles. The van der Waals surface area contributed by atoms with Gasteiger partial charge in [-0.2, -0.15) is 4.99 Å². The zero-order valence-corrected chi connectivity index (χ0v) is 17.6. The number of carbonyl (C=O) groups is 1. The van der Waals surface area contributed by atoms with Crippen LogP contribution in [0.15, 0.2) is 65.0 Å². The van der Waals surface area contributed by atoms with Gasteiger partial charge in [0, 0.05) is 24.4 Å². The van der Waals surface area contributed by atoms with E-state index < -0.39 is 23.2 Å². The molecule has 1 atom stereocenters. The van der Waals surface area contributed by atoms with E-state index in [-0.39, 0.29) is 28.7 Å². The van der Waals surface area contributed by atoms with E-state index in [2.05, 4.69) is 26.8 Å². The molecule has 3 heterocycles. The molecule has 1 aromatic heterocycles. The van der Waals surface area contributed by atoms with Gasteiger partial charge in [0.05, 0.1) is 23.3 Å². The summed E-state index contributed by atoms with van der Waals surface area (Å²) in [5.41, 5.74) is 0.638. The highest BCUT2D eigenvalue weighted by Crippen LogP contribution is 2.53. The van der Waals surface area contributed by atoms with Gasteiger partial charge in [0.15, 0.2) is 0 Å². The quantitative estimate of drug-likeness (QED) is 0.573. The summed E-state index contributed by atoms with van der Waals surface area (Å²) in [6, 6.07) is 10.9. The zero-order valence-electron chi connectivity index (χ0n) is 17.6. The first-order valence-corrected chi connectivity index (χ1v) is 10.5. The van der Waals surface area contributed by atoms with Crippen LogP contribution in [0.4, 0.5) is 8.78 Å². The molecule has 1 unspecified atom stereocenters. The van der Waals surface area contributed by atoms with E-state index >= 15 is 8.78 Å². The van der Waals surface area contributed by atoms with Gasteiger partial charge in [0.1, 0.15) is 23.2 Å². The van der Waals surface area contributed by atoms with Crippen LogP contribution in [0.2, 0.25) is 0 Å². The number of nitrogens with zero attached hydrogens (tertiary/aromatic N) is 5. The van der Waals surface area contributed by atoms with Gasteiger partial charge >= 0.3 is 0 Å². The number of hydrogen-bond donors (Lipinski definition) is 0. The first-order valence-electron chi connectivity index (χ1n) is 10.5. The Kier molecular flexibility index (Phi) is 4.11. The number of imidazole rings is 1. The predicted molar refractivity (Wildman–Crippen MR) is 118 cm³/mol. The van der Waals surface area contributed by atoms with Crippen molar-refractivity contribution in [1.29, 1.82) is 0 Å². The minimum Gasteiger partial charge on any atom is -0.340 e. The molecule has 8 heteroatoms. The maximum Gasteiger partial charge on any atom is 0.274 e. The number of carbonyl (C=O) groups excluding carboxylic acids is 1. The number of rotatable bonds is 2. The van der Waals surface area contributed by atoms with Crippen molar-refractivity contribution in [1.82, 2.24) is 14.5 Å². The number of benzene rings is 2. The number of aromatic nitrogens is 2. The third kappa shape index (κ3) is 3.00. The summed E-state index contributed by atoms with van der Waals surface area (Å²) < 4.78 is 32.4. The third-order valence-corrected chi connectivity index (χ3v) is 6.17. The lowest BCUT2D eigenvalue weighted by Gasteiger charge is -2.28. The van der Waals surface area contributed by atoms with Gasteiger partial charge in [-0.15, -0.1) is 0 Å². The molecule has 6 nitrogen and oxygen atoms in total. The molecule has 3 aromatic rings. The average molecular weight is 441 g/mol. The van der Waals surface area contributed by atoms with E-state index in [1.54, 1.807) is 29.0 Å². The molecule has 1 saturated carbocycles. The minimum atomic E-state index is -0.781. The molecule has 0 saturated heterocycles. The van der Waals surface area contributed by atoms with Crippen molar-refractivity contribution in [2.75, 3.05) is 0 Å². The Morgan fingerprint density at radius 2 is 1.73 bits per heavy atom. The van der Waals surface area contributed by atoms with Crippen LogP contribution in [0, 0.1) is 23.5 Å². The molecule has 2 aliphatic heterocycles. The molecule has 3 aliphatic rings. The van der Waals surface area contributed by atoms with Crippen molar-refractivity contribution in [3.05, 3.63) is 89.0 Å². The fourth-order valence-corrected chi connectivity index (χ4v) is 4.44. The number of fused-ring (bicyclic) bond motifs is 2. The highest BCUT2D eigenvalue weighted by molar-refractivity contribution is 6.21. The van der Waals surface area contributed by atoms with Gasteiger partial charge in [-0.05, 0) is 37.1 Å². The molecule has 1 aliphatic carbocycles. The smallest absolute Gasteiger partial charge is 0.274 e. The summed E-state index contributed by atoms with van der Waals surface area (Å²) in [5.74, 6) is 4.11. The Bertz CT molecular complexity index is 1420. The lowest BCUT2D eigenvalue weighted by molar-refractivity contribution is -0.121. The number of aliphatic imine (C=N–C) groups is 2. The lowest BCUT2D eigenvalue weighted by atomic mass is 9.97. The molecule has 1 amide bonds. The molecular weight excluding hydrogens is 424 g/mol. The Morgan fingerprint density at radius 1 is 1.03 bits per heavy atom. The summed E-state index contributed by atoms with van der Waals surface area (Å²) in [5, 5.41) is 0. The Hall–Kier alpha value is -4.12. The van der Waals surface area contributed by atoms with Crippen molar-refractivity contribution in [3.8, 4) is 11.8 Å². The van der Waals surface area contributed by atoms with Crippen molar-refractivity contribution in [2.24, 2.45) is 17.0 Å². The van der Waals surface area contributed by atoms with Crippen molar-refractivity contribution in [2.45, 2.75) is 24.4 Å². The maximum atomic E-state index is 15.3. The second-order valence-electron chi connectivity index (χ2n) is 8.41. The van der Waals surface area contributed by atoms with Crippen molar-refractivity contribution in [3.63, 3.8) is 0 Å². The minimum absolute atomic E-state index is 0.156. The summed E-state index contributed by atoms with van der Waals surface area (Å²) in [6.45, 7) is 0. The fourth-order valence-electron chi connectivity index (χ4n) is 4.44. The van der Waals surface area contributed by atoms with Crippen LogP contribution >= 0.6 is 0 Å². The third-order valence-electron chi connectivity index (χ3n) is 6.17. The van der Waals surface area contributed by atoms with Crippen molar-refractivity contribution < 1.29 is 13.6 Å². The van der Waals surface area contributed by atoms with Crippen LogP contribution in [0.3, 0.4) is 0 Å². The summed E-state index contributed by atoms with van der Waals surface area (Å²) in [4.78, 5) is 27.2. The molecule has 162 valence electrons. The number of aryl methyl sites for hydroxylation is 1. The van der Waals surface area contributed by atoms with E-state index in [4.69, 9.17) is 0 Å². The normalized spacial score (nSPS) is 19.8. The number of halogens is 2. The number of amides is 1. The maximum absolute atomic E-state index is 15.3. The topological polar surface area (TPSA) is 62.9 Å². The molecule has 6 rings (SSSR count). The van der Waals surface area contributed by atoms with Gasteiger partial charge in [0.2, 0.25) is 5.96 Å². The van der Waals surface area contributed by atoms with Crippen LogP contribution in [0.1, 0.15) is 41.3 Å². The van der Waals surface area contributed by atoms with Crippen LogP contribution in [0.25, 0.3) is 0 Å². The van der Waals surface area contributed by atoms with Crippen LogP contribution < -0.4 is 0 Å². The van der Waals surface area contributed by atoms with E-state index in [1.807, 2.05) is 30.3 Å². The van der Waals surface area contributed by atoms with E-state index in [0.29, 0.717) is 18.5 Å². The zero-order chi connectivity index (χ0) is 22.7. The van der Waals surface area contributed by atoms with Crippen LogP contribution in [0.5, 0.6) is 0 Å². The first-order chi connectivity index (χ1) is 16.0. The van der Waals surface area contributed by atoms with Gasteiger partial charge in [-0.3, -0.25) is 4.79 Å². The molecule has 33 heavy (non-hydrogen) atoms. The molecule has 0 radical (unpaired) electrons. The predicted octanol–water partition coefficient (Wildman–Crippen LogP) is 3.37. The largest absolute Gasteiger partial charge is 0.340 e. The van der Waals surface area contributed by atoms with Gasteiger partial charge in [-0.25, -0.2) is 18.8 Å². The van der Waals surface area contributed by atoms with Gasteiger partial charge < -0.3 is 9.47 Å². The second-order valence-corrected chi connectivity index (χ2v) is 8.41. The van der Waals surface area contributed by atoms with E-state index in [9.17, 15) is 4.79 Å². The Labute approximate surface area is 188 Å². The Morgan fingerprint density at radius 3 is 2.36 bits per heavy atom. The lowest BCUT2D eigenvalue weighted by Crippen LogP contribution is -2.42. The molecule has 1 fully saturated rings. The monoisotopic (exact) mass is 441 g/mol. The van der Waals surface area contributed by atoms with Crippen LogP contribution in [-0.2, 0) is 11.8 Å². The Balaban J connectivity index is 1.44. The SMILES string of the molecule is Cn1cnc(C2C(c3c(F)cc(C#Cc4ccccc4)cc3F)=NC3=NC(=O)C4(CC4)N32)c1. The summed E-state index contributed by atoms with van der Waals surface area (Å²) >= 11 is 0. The summed E-state index contributed by atoms with van der Waals surface area (Å²) in [7, 11) is 1.81. The van der Waals surface area contributed by atoms with E-state index in [0.717, 1.165) is 5.56 Å². The molecule has 0 N–H and O–H groups in total. The highest BCUT2D eigenvalue weighted by atomic mass is 19.1. The number of guanidine groups is 1. The van der Waals surface area contributed by atoms with Gasteiger partial charge in [-0.1, -0.05) is 30.0 Å². The van der Waals surface area contributed by atoms with Crippen LogP contribution in [-0.4, -0.2) is 37.6 Å². The summed E-state index contributed by atoms with van der Waals surface area (Å²) in [6.07, 6.45) is 4.62. The number of hydrogen-bond acceptors (Lipinski definition) is 4. The highest BCUT2D eigenvalue weighted by Gasteiger charge is 2.64. The molecule has 0 bridgehead atoms. The van der Waals surface area contributed by atoms with Crippen molar-refractivity contribution >= 4 is 17.6 Å².